The summed E-state index contributed by atoms with van der Waals surface area (Å²) in [6, 6.07) is 11.1. The zero-order chi connectivity index (χ0) is 19.2. The summed E-state index contributed by atoms with van der Waals surface area (Å²) in [5.41, 5.74) is 2.43. The monoisotopic (exact) mass is 401 g/mol. The highest BCUT2D eigenvalue weighted by Gasteiger charge is 2.11. The lowest BCUT2D eigenvalue weighted by Gasteiger charge is -2.07. The van der Waals surface area contributed by atoms with Gasteiger partial charge >= 0.3 is 0 Å². The summed E-state index contributed by atoms with van der Waals surface area (Å²) in [5.74, 6) is 0.515. The number of hydrogen-bond donors (Lipinski definition) is 1. The minimum Gasteiger partial charge on any atom is -0.299 e. The molecular formula is C18H19N5O2S2. The van der Waals surface area contributed by atoms with Crippen LogP contribution in [0.4, 0.5) is 5.13 Å². The smallest absolute Gasteiger partial charge is 0.267 e. The van der Waals surface area contributed by atoms with E-state index < -0.39 is 0 Å². The van der Waals surface area contributed by atoms with Crippen LogP contribution in [0.25, 0.3) is 11.3 Å². The van der Waals surface area contributed by atoms with Gasteiger partial charge in [0.15, 0.2) is 4.34 Å². The zero-order valence-corrected chi connectivity index (χ0v) is 16.6. The van der Waals surface area contributed by atoms with Crippen LogP contribution in [0.2, 0.25) is 0 Å². The highest BCUT2D eigenvalue weighted by atomic mass is 32.2. The van der Waals surface area contributed by atoms with Gasteiger partial charge in [-0.05, 0) is 23.8 Å². The van der Waals surface area contributed by atoms with Crippen LogP contribution in [0.15, 0.2) is 45.5 Å². The van der Waals surface area contributed by atoms with Crippen LogP contribution < -0.4 is 10.9 Å². The van der Waals surface area contributed by atoms with E-state index in [9.17, 15) is 9.59 Å². The molecule has 0 aliphatic heterocycles. The number of carbonyl (C=O) groups is 1. The van der Waals surface area contributed by atoms with E-state index in [0.717, 1.165) is 26.8 Å². The molecule has 0 atom stereocenters. The molecular weight excluding hydrogens is 382 g/mol. The van der Waals surface area contributed by atoms with Crippen molar-refractivity contribution < 1.29 is 4.79 Å². The molecule has 2 heterocycles. The number of benzene rings is 1. The Hall–Kier alpha value is -2.52. The van der Waals surface area contributed by atoms with Gasteiger partial charge in [-0.25, -0.2) is 4.68 Å². The molecule has 0 saturated carbocycles. The lowest BCUT2D eigenvalue weighted by atomic mass is 10.1. The molecule has 27 heavy (non-hydrogen) atoms. The lowest BCUT2D eigenvalue weighted by Crippen LogP contribution is -2.29. The van der Waals surface area contributed by atoms with Gasteiger partial charge in [0.2, 0.25) is 11.0 Å². The van der Waals surface area contributed by atoms with Crippen LogP contribution >= 0.6 is 23.1 Å². The third-order valence-corrected chi connectivity index (χ3v) is 5.59. The molecule has 7 nitrogen and oxygen atoms in total. The fraction of sp³-hybridized carbons (Fsp3) is 0.278. The molecule has 1 amide bonds. The maximum absolute atomic E-state index is 12.3. The van der Waals surface area contributed by atoms with Gasteiger partial charge in [-0.15, -0.1) is 10.2 Å². The van der Waals surface area contributed by atoms with Crippen molar-refractivity contribution in [3.8, 4) is 11.3 Å². The number of aromatic nitrogens is 4. The van der Waals surface area contributed by atoms with E-state index >= 15 is 0 Å². The van der Waals surface area contributed by atoms with Gasteiger partial charge in [-0.1, -0.05) is 61.2 Å². The fourth-order valence-electron chi connectivity index (χ4n) is 2.36. The Morgan fingerprint density at radius 2 is 1.93 bits per heavy atom. The van der Waals surface area contributed by atoms with Crippen molar-refractivity contribution in [1.82, 2.24) is 20.0 Å². The van der Waals surface area contributed by atoms with E-state index in [1.807, 2.05) is 31.2 Å². The highest BCUT2D eigenvalue weighted by molar-refractivity contribution is 8.01. The number of nitrogens with zero attached hydrogens (tertiary/aromatic N) is 4. The first-order valence-electron chi connectivity index (χ1n) is 8.52. The number of amides is 1. The first-order valence-corrected chi connectivity index (χ1v) is 10.3. The van der Waals surface area contributed by atoms with Crippen molar-refractivity contribution >= 4 is 34.1 Å². The Balaban J connectivity index is 1.73. The van der Waals surface area contributed by atoms with Gasteiger partial charge in [0.25, 0.3) is 5.56 Å². The summed E-state index contributed by atoms with van der Waals surface area (Å²) >= 11 is 2.86. The Morgan fingerprint density at radius 3 is 2.63 bits per heavy atom. The fourth-order valence-corrected chi connectivity index (χ4v) is 4.03. The van der Waals surface area contributed by atoms with Gasteiger partial charge in [-0.2, -0.15) is 5.10 Å². The number of nitrogens with one attached hydrogen (secondary N) is 1. The number of carbonyl (C=O) groups excluding carboxylic acids is 1. The normalized spacial score (nSPS) is 10.7. The van der Waals surface area contributed by atoms with E-state index in [2.05, 4.69) is 27.5 Å². The van der Waals surface area contributed by atoms with E-state index in [1.54, 1.807) is 17.8 Å². The first kappa shape index (κ1) is 19.2. The highest BCUT2D eigenvalue weighted by Crippen LogP contribution is 2.24. The molecule has 0 unspecified atom stereocenters. The molecule has 0 spiro atoms. The van der Waals surface area contributed by atoms with Crippen LogP contribution in [0.3, 0.4) is 0 Å². The number of anilines is 1. The number of aryl methyl sites for hydroxylation is 1. The molecule has 3 aromatic rings. The third-order valence-electron chi connectivity index (χ3n) is 3.74. The van der Waals surface area contributed by atoms with Crippen LogP contribution in [0.1, 0.15) is 19.4 Å². The summed E-state index contributed by atoms with van der Waals surface area (Å²) in [4.78, 5) is 24.3. The molecule has 0 aliphatic rings. The predicted molar refractivity (Wildman–Crippen MR) is 108 cm³/mol. The van der Waals surface area contributed by atoms with Crippen LogP contribution in [0.5, 0.6) is 0 Å². The average Bonchev–Trinajstić information content (AvgIpc) is 3.11. The predicted octanol–water partition coefficient (Wildman–Crippen LogP) is 3.07. The van der Waals surface area contributed by atoms with E-state index in [1.165, 1.54) is 23.0 Å². The average molecular weight is 402 g/mol. The standard InChI is InChI=1S/C18H19N5O2S2/c1-3-12-5-7-13(8-6-12)14-9-10-16(25)23(22-14)11-15(24)19-17-20-21-18(27-17)26-4-2/h5-10H,3-4,11H2,1-2H3,(H,19,20,24). The summed E-state index contributed by atoms with van der Waals surface area (Å²) in [6.07, 6.45) is 0.956. The Bertz CT molecular complexity index is 982. The van der Waals surface area contributed by atoms with Gasteiger partial charge < -0.3 is 0 Å². The third kappa shape index (κ3) is 5.01. The van der Waals surface area contributed by atoms with E-state index in [4.69, 9.17) is 0 Å². The largest absolute Gasteiger partial charge is 0.299 e. The molecule has 3 rings (SSSR count). The summed E-state index contributed by atoms with van der Waals surface area (Å²) < 4.78 is 1.95. The van der Waals surface area contributed by atoms with Crippen LogP contribution in [-0.2, 0) is 17.8 Å². The Labute approximate surface area is 164 Å². The maximum atomic E-state index is 12.3. The molecule has 0 aliphatic carbocycles. The topological polar surface area (TPSA) is 89.8 Å². The van der Waals surface area contributed by atoms with Gasteiger partial charge in [0, 0.05) is 11.6 Å². The second kappa shape index (κ2) is 8.92. The summed E-state index contributed by atoms with van der Waals surface area (Å²) in [5, 5.41) is 15.3. The maximum Gasteiger partial charge on any atom is 0.267 e. The molecule has 1 N–H and O–H groups in total. The Kier molecular flexibility index (Phi) is 6.36. The SMILES string of the molecule is CCSc1nnc(NC(=O)Cn2nc(-c3ccc(CC)cc3)ccc2=O)s1. The van der Waals surface area contributed by atoms with Crippen LogP contribution in [-0.4, -0.2) is 31.6 Å². The minimum absolute atomic E-state index is 0.185. The first-order chi connectivity index (χ1) is 13.1. The van der Waals surface area contributed by atoms with Crippen molar-refractivity contribution in [1.29, 1.82) is 0 Å². The van der Waals surface area contributed by atoms with Crippen molar-refractivity contribution in [3.63, 3.8) is 0 Å². The van der Waals surface area contributed by atoms with Crippen molar-refractivity contribution in [2.24, 2.45) is 0 Å². The molecule has 0 bridgehead atoms. The molecule has 0 saturated heterocycles. The molecule has 140 valence electrons. The summed E-state index contributed by atoms with van der Waals surface area (Å²) in [7, 11) is 0. The second-order valence-corrected chi connectivity index (χ2v) is 8.11. The molecule has 1 aromatic carbocycles. The Morgan fingerprint density at radius 1 is 1.15 bits per heavy atom. The molecule has 9 heteroatoms. The zero-order valence-electron chi connectivity index (χ0n) is 15.0. The van der Waals surface area contributed by atoms with Crippen molar-refractivity contribution in [3.05, 3.63) is 52.3 Å². The van der Waals surface area contributed by atoms with E-state index in [-0.39, 0.29) is 18.0 Å². The molecule has 0 fully saturated rings. The quantitative estimate of drug-likeness (QED) is 0.483. The minimum atomic E-state index is -0.368. The number of hydrogen-bond acceptors (Lipinski definition) is 7. The molecule has 0 radical (unpaired) electrons. The summed E-state index contributed by atoms with van der Waals surface area (Å²) in [6.45, 7) is 3.93. The van der Waals surface area contributed by atoms with Crippen molar-refractivity contribution in [2.45, 2.75) is 31.2 Å². The van der Waals surface area contributed by atoms with Crippen LogP contribution in [0, 0.1) is 0 Å². The van der Waals surface area contributed by atoms with Gasteiger partial charge in [-0.3, -0.25) is 14.9 Å². The van der Waals surface area contributed by atoms with E-state index in [0.29, 0.717) is 10.8 Å². The lowest BCUT2D eigenvalue weighted by molar-refractivity contribution is -0.117. The number of thioether (sulfide) groups is 1. The number of rotatable bonds is 7. The van der Waals surface area contributed by atoms with Crippen molar-refractivity contribution in [2.75, 3.05) is 11.1 Å². The molecule has 2 aromatic heterocycles. The van der Waals surface area contributed by atoms with Gasteiger partial charge in [0.1, 0.15) is 6.54 Å². The second-order valence-electron chi connectivity index (χ2n) is 5.62. The van der Waals surface area contributed by atoms with Gasteiger partial charge in [0.05, 0.1) is 5.69 Å².